The lowest BCUT2D eigenvalue weighted by atomic mass is 10.0. The predicted octanol–water partition coefficient (Wildman–Crippen LogP) is 3.30. The smallest absolute Gasteiger partial charge is 0.317 e. The van der Waals surface area contributed by atoms with Gasteiger partial charge < -0.3 is 10.2 Å². The van der Waals surface area contributed by atoms with Crippen LogP contribution < -0.4 is 5.32 Å². The first kappa shape index (κ1) is 15.0. The van der Waals surface area contributed by atoms with Crippen molar-refractivity contribution >= 4 is 6.03 Å². The second kappa shape index (κ2) is 7.43. The van der Waals surface area contributed by atoms with E-state index in [0.717, 1.165) is 16.7 Å². The monoisotopic (exact) mass is 283 g/mol. The standard InChI is InChI=1S/C17H21N3O/c1-3-19-17(21)20(4-2)13-14-6-5-7-16(12-14)15-8-10-18-11-9-15/h5-12H,3-4,13H2,1-2H3,(H,19,21). The largest absolute Gasteiger partial charge is 0.338 e. The number of carbonyl (C=O) groups excluding carboxylic acids is 1. The van der Waals surface area contributed by atoms with E-state index in [2.05, 4.69) is 22.4 Å². The first-order chi connectivity index (χ1) is 10.2. The van der Waals surface area contributed by atoms with Crippen molar-refractivity contribution in [1.82, 2.24) is 15.2 Å². The minimum Gasteiger partial charge on any atom is -0.338 e. The van der Waals surface area contributed by atoms with Gasteiger partial charge in [-0.3, -0.25) is 4.98 Å². The summed E-state index contributed by atoms with van der Waals surface area (Å²) in [5, 5.41) is 2.84. The Labute approximate surface area is 125 Å². The molecule has 0 aliphatic rings. The number of urea groups is 1. The Kier molecular flexibility index (Phi) is 5.32. The van der Waals surface area contributed by atoms with Crippen LogP contribution in [0.1, 0.15) is 19.4 Å². The lowest BCUT2D eigenvalue weighted by Gasteiger charge is -2.21. The summed E-state index contributed by atoms with van der Waals surface area (Å²) in [6, 6.07) is 12.2. The number of benzene rings is 1. The minimum absolute atomic E-state index is 0.0192. The quantitative estimate of drug-likeness (QED) is 0.915. The summed E-state index contributed by atoms with van der Waals surface area (Å²) >= 11 is 0. The van der Waals surface area contributed by atoms with E-state index < -0.39 is 0 Å². The van der Waals surface area contributed by atoms with Gasteiger partial charge in [-0.2, -0.15) is 0 Å². The molecule has 4 heteroatoms. The molecule has 2 amide bonds. The molecule has 0 saturated carbocycles. The number of rotatable bonds is 5. The highest BCUT2D eigenvalue weighted by atomic mass is 16.2. The molecular formula is C17H21N3O. The van der Waals surface area contributed by atoms with Crippen molar-refractivity contribution in [2.45, 2.75) is 20.4 Å². The van der Waals surface area contributed by atoms with Crippen LogP contribution in [0.15, 0.2) is 48.8 Å². The van der Waals surface area contributed by atoms with Crippen LogP contribution in [0.4, 0.5) is 4.79 Å². The maximum atomic E-state index is 11.9. The Balaban J connectivity index is 2.16. The molecule has 0 fully saturated rings. The predicted molar refractivity (Wildman–Crippen MR) is 84.8 cm³/mol. The molecule has 0 saturated heterocycles. The van der Waals surface area contributed by atoms with Crippen molar-refractivity contribution in [2.24, 2.45) is 0 Å². The van der Waals surface area contributed by atoms with Crippen LogP contribution in [0, 0.1) is 0 Å². The zero-order chi connectivity index (χ0) is 15.1. The first-order valence-corrected chi connectivity index (χ1v) is 7.26. The lowest BCUT2D eigenvalue weighted by molar-refractivity contribution is 0.198. The van der Waals surface area contributed by atoms with Crippen molar-refractivity contribution in [3.05, 3.63) is 54.4 Å². The SMILES string of the molecule is CCNC(=O)N(CC)Cc1cccc(-c2ccncc2)c1. The van der Waals surface area contributed by atoms with Crippen LogP contribution in [0.5, 0.6) is 0 Å². The molecule has 1 aromatic carbocycles. The van der Waals surface area contributed by atoms with Crippen LogP contribution >= 0.6 is 0 Å². The fraction of sp³-hybridized carbons (Fsp3) is 0.294. The summed E-state index contributed by atoms with van der Waals surface area (Å²) in [6.45, 7) is 5.86. The van der Waals surface area contributed by atoms with Gasteiger partial charge in [0.15, 0.2) is 0 Å². The van der Waals surface area contributed by atoms with Gasteiger partial charge in [-0.05, 0) is 48.7 Å². The van der Waals surface area contributed by atoms with Gasteiger partial charge in [-0.15, -0.1) is 0 Å². The van der Waals surface area contributed by atoms with Crippen LogP contribution in [0.3, 0.4) is 0 Å². The third-order valence-electron chi connectivity index (χ3n) is 3.31. The normalized spacial score (nSPS) is 10.2. The zero-order valence-electron chi connectivity index (χ0n) is 12.5. The number of amides is 2. The Bertz CT molecular complexity index is 584. The van der Waals surface area contributed by atoms with E-state index >= 15 is 0 Å². The number of hydrogen-bond donors (Lipinski definition) is 1. The highest BCUT2D eigenvalue weighted by Gasteiger charge is 2.11. The van der Waals surface area contributed by atoms with E-state index in [9.17, 15) is 4.79 Å². The van der Waals surface area contributed by atoms with Crippen molar-refractivity contribution in [1.29, 1.82) is 0 Å². The highest BCUT2D eigenvalue weighted by molar-refractivity contribution is 5.74. The summed E-state index contributed by atoms with van der Waals surface area (Å²) in [6.07, 6.45) is 3.57. The molecule has 0 bridgehead atoms. The van der Waals surface area contributed by atoms with Gasteiger partial charge >= 0.3 is 6.03 Å². The second-order valence-corrected chi connectivity index (χ2v) is 4.79. The first-order valence-electron chi connectivity index (χ1n) is 7.26. The third kappa shape index (κ3) is 4.05. The molecule has 0 aliphatic heterocycles. The summed E-state index contributed by atoms with van der Waals surface area (Å²) in [7, 11) is 0. The van der Waals surface area contributed by atoms with E-state index in [1.807, 2.05) is 38.1 Å². The maximum absolute atomic E-state index is 11.9. The Morgan fingerprint density at radius 2 is 1.90 bits per heavy atom. The molecule has 110 valence electrons. The van der Waals surface area contributed by atoms with E-state index in [-0.39, 0.29) is 6.03 Å². The van der Waals surface area contributed by atoms with Gasteiger partial charge in [0.05, 0.1) is 0 Å². The molecule has 0 atom stereocenters. The molecule has 4 nitrogen and oxygen atoms in total. The van der Waals surface area contributed by atoms with Crippen LogP contribution in [-0.4, -0.2) is 29.0 Å². The molecule has 0 aliphatic carbocycles. The average Bonchev–Trinajstić information content (AvgIpc) is 2.54. The second-order valence-electron chi connectivity index (χ2n) is 4.79. The van der Waals surface area contributed by atoms with E-state index in [0.29, 0.717) is 19.6 Å². The van der Waals surface area contributed by atoms with Crippen molar-refractivity contribution < 1.29 is 4.79 Å². The van der Waals surface area contributed by atoms with E-state index in [4.69, 9.17) is 0 Å². The van der Waals surface area contributed by atoms with Crippen LogP contribution in [0.2, 0.25) is 0 Å². The number of nitrogens with zero attached hydrogens (tertiary/aromatic N) is 2. The molecule has 0 spiro atoms. The van der Waals surface area contributed by atoms with E-state index in [1.54, 1.807) is 17.3 Å². The molecule has 2 aromatic rings. The Morgan fingerprint density at radius 3 is 2.57 bits per heavy atom. The van der Waals surface area contributed by atoms with Gasteiger partial charge in [0.2, 0.25) is 0 Å². The zero-order valence-corrected chi connectivity index (χ0v) is 12.5. The number of aromatic nitrogens is 1. The summed E-state index contributed by atoms with van der Waals surface area (Å²) in [5.41, 5.74) is 3.40. The molecule has 1 N–H and O–H groups in total. The van der Waals surface area contributed by atoms with Crippen LogP contribution in [-0.2, 0) is 6.54 Å². The molecule has 0 radical (unpaired) electrons. The Morgan fingerprint density at radius 1 is 1.14 bits per heavy atom. The summed E-state index contributed by atoms with van der Waals surface area (Å²) in [4.78, 5) is 17.8. The number of hydrogen-bond acceptors (Lipinski definition) is 2. The number of nitrogens with one attached hydrogen (secondary N) is 1. The molecule has 21 heavy (non-hydrogen) atoms. The fourth-order valence-electron chi connectivity index (χ4n) is 2.20. The van der Waals surface area contributed by atoms with Gasteiger partial charge in [0.25, 0.3) is 0 Å². The summed E-state index contributed by atoms with van der Waals surface area (Å²) in [5.74, 6) is 0. The van der Waals surface area contributed by atoms with Gasteiger partial charge in [0.1, 0.15) is 0 Å². The van der Waals surface area contributed by atoms with Crippen molar-refractivity contribution in [2.75, 3.05) is 13.1 Å². The van der Waals surface area contributed by atoms with Crippen molar-refractivity contribution in [3.63, 3.8) is 0 Å². The lowest BCUT2D eigenvalue weighted by Crippen LogP contribution is -2.39. The molecular weight excluding hydrogens is 262 g/mol. The molecule has 2 rings (SSSR count). The Hall–Kier alpha value is -2.36. The third-order valence-corrected chi connectivity index (χ3v) is 3.31. The highest BCUT2D eigenvalue weighted by Crippen LogP contribution is 2.20. The number of pyridine rings is 1. The van der Waals surface area contributed by atoms with Crippen LogP contribution in [0.25, 0.3) is 11.1 Å². The van der Waals surface area contributed by atoms with Crippen molar-refractivity contribution in [3.8, 4) is 11.1 Å². The molecule has 1 aromatic heterocycles. The van der Waals surface area contributed by atoms with Gasteiger partial charge in [-0.25, -0.2) is 4.79 Å². The topological polar surface area (TPSA) is 45.2 Å². The van der Waals surface area contributed by atoms with Gasteiger partial charge in [0, 0.05) is 32.0 Å². The molecule has 0 unspecified atom stereocenters. The minimum atomic E-state index is -0.0192. The van der Waals surface area contributed by atoms with Gasteiger partial charge in [-0.1, -0.05) is 18.2 Å². The number of carbonyl (C=O) groups is 1. The average molecular weight is 283 g/mol. The summed E-state index contributed by atoms with van der Waals surface area (Å²) < 4.78 is 0. The van der Waals surface area contributed by atoms with E-state index in [1.165, 1.54) is 0 Å². The maximum Gasteiger partial charge on any atom is 0.317 e. The molecule has 1 heterocycles. The fourth-order valence-corrected chi connectivity index (χ4v) is 2.20.